The van der Waals surface area contributed by atoms with Crippen molar-refractivity contribution in [1.29, 1.82) is 0 Å². The van der Waals surface area contributed by atoms with Gasteiger partial charge in [-0.2, -0.15) is 0 Å². The van der Waals surface area contributed by atoms with E-state index in [9.17, 15) is 9.18 Å². The molecule has 1 aliphatic heterocycles. The summed E-state index contributed by atoms with van der Waals surface area (Å²) in [7, 11) is 0. The van der Waals surface area contributed by atoms with E-state index in [-0.39, 0.29) is 23.8 Å². The minimum Gasteiger partial charge on any atom is -0.356 e. The highest BCUT2D eigenvalue weighted by Gasteiger charge is 2.42. The molecule has 1 unspecified atom stereocenters. The first-order valence-electron chi connectivity index (χ1n) is 9.52. The maximum absolute atomic E-state index is 14.2. The molecule has 0 bridgehead atoms. The molecule has 0 aliphatic carbocycles. The van der Waals surface area contributed by atoms with Crippen LogP contribution >= 0.6 is 0 Å². The number of hydrogen-bond donors (Lipinski definition) is 2. The number of aromatic amines is 1. The molecule has 1 aromatic heterocycles. The summed E-state index contributed by atoms with van der Waals surface area (Å²) in [6, 6.07) is 14.1. The van der Waals surface area contributed by atoms with Gasteiger partial charge in [-0.25, -0.2) is 11.0 Å². The fourth-order valence-corrected chi connectivity index (χ4v) is 3.91. The van der Waals surface area contributed by atoms with Gasteiger partial charge in [-0.15, -0.1) is 0 Å². The number of nitrogens with one attached hydrogen (secondary N) is 2. The van der Waals surface area contributed by atoms with Crippen LogP contribution in [0.1, 0.15) is 19.4 Å². The van der Waals surface area contributed by atoms with Gasteiger partial charge in [0.1, 0.15) is 5.82 Å². The van der Waals surface area contributed by atoms with Crippen molar-refractivity contribution in [2.24, 2.45) is 10.9 Å². The molecule has 1 atom stereocenters. The Balaban J connectivity index is 1.74. The van der Waals surface area contributed by atoms with Crippen molar-refractivity contribution in [3.8, 4) is 11.3 Å². The second-order valence-electron chi connectivity index (χ2n) is 7.62. The number of aromatic nitrogens is 1. The first-order chi connectivity index (χ1) is 13.9. The molecule has 4 rings (SSSR count). The molecule has 6 heteroatoms. The Morgan fingerprint density at radius 3 is 2.79 bits per heavy atom. The van der Waals surface area contributed by atoms with Crippen molar-refractivity contribution >= 4 is 16.6 Å². The predicted octanol–water partition coefficient (Wildman–Crippen LogP) is 4.11. The van der Waals surface area contributed by atoms with Gasteiger partial charge in [0.25, 0.3) is 12.1 Å². The van der Waals surface area contributed by atoms with Crippen LogP contribution in [-0.2, 0) is 5.54 Å². The van der Waals surface area contributed by atoms with Crippen LogP contribution in [0.4, 0.5) is 4.39 Å². The largest absolute Gasteiger partial charge is 0.356 e. The number of rotatable bonds is 4. The number of H-pyrrole nitrogens is 1. The van der Waals surface area contributed by atoms with E-state index in [4.69, 9.17) is 6.57 Å². The lowest BCUT2D eigenvalue weighted by Crippen LogP contribution is -2.50. The second-order valence-corrected chi connectivity index (χ2v) is 7.62. The zero-order valence-corrected chi connectivity index (χ0v) is 16.3. The molecule has 1 aliphatic rings. The minimum absolute atomic E-state index is 0.0937. The molecule has 5 nitrogen and oxygen atoms in total. The van der Waals surface area contributed by atoms with E-state index in [1.54, 1.807) is 12.1 Å². The van der Waals surface area contributed by atoms with Crippen LogP contribution < -0.4 is 10.9 Å². The molecule has 3 aromatic rings. The number of amidine groups is 1. The van der Waals surface area contributed by atoms with Crippen LogP contribution in [-0.4, -0.2) is 23.9 Å². The van der Waals surface area contributed by atoms with Gasteiger partial charge in [0.2, 0.25) is 0 Å². The zero-order valence-electron chi connectivity index (χ0n) is 16.3. The van der Waals surface area contributed by atoms with Crippen LogP contribution in [0.2, 0.25) is 0 Å². The molecule has 29 heavy (non-hydrogen) atoms. The highest BCUT2D eigenvalue weighted by atomic mass is 19.1. The maximum atomic E-state index is 14.2. The number of aliphatic imine (C=N–C) groups is 1. The normalized spacial score (nSPS) is 18.5. The molecule has 2 heterocycles. The summed E-state index contributed by atoms with van der Waals surface area (Å²) in [5.74, 6) is 0.417. The lowest BCUT2D eigenvalue weighted by Gasteiger charge is -2.33. The second kappa shape index (κ2) is 7.17. The van der Waals surface area contributed by atoms with Crippen LogP contribution in [0.15, 0.2) is 58.3 Å². The predicted molar refractivity (Wildman–Crippen MR) is 113 cm³/mol. The Morgan fingerprint density at radius 1 is 1.24 bits per heavy atom. The van der Waals surface area contributed by atoms with E-state index >= 15 is 0 Å². The van der Waals surface area contributed by atoms with Gasteiger partial charge >= 0.3 is 0 Å². The molecular formula is C23H21FN4O. The van der Waals surface area contributed by atoms with Crippen LogP contribution in [0.5, 0.6) is 0 Å². The lowest BCUT2D eigenvalue weighted by atomic mass is 9.80. The summed E-state index contributed by atoms with van der Waals surface area (Å²) in [6.45, 7) is 11.7. The molecule has 146 valence electrons. The molecule has 0 fully saturated rings. The molecule has 2 N–H and O–H groups in total. The molecule has 0 radical (unpaired) electrons. The van der Waals surface area contributed by atoms with Crippen LogP contribution in [0.25, 0.3) is 26.9 Å². The first kappa shape index (κ1) is 18.9. The fourth-order valence-electron chi connectivity index (χ4n) is 3.91. The smallest absolute Gasteiger partial charge is 0.270 e. The number of pyridine rings is 1. The number of hydrogen-bond acceptors (Lipinski definition) is 3. The van der Waals surface area contributed by atoms with Crippen molar-refractivity contribution in [2.45, 2.75) is 19.4 Å². The van der Waals surface area contributed by atoms with E-state index in [0.717, 1.165) is 10.9 Å². The van der Waals surface area contributed by atoms with E-state index in [1.807, 2.05) is 44.2 Å². The molecule has 0 saturated carbocycles. The number of benzene rings is 2. The third-order valence-electron chi connectivity index (χ3n) is 5.63. The Labute approximate surface area is 168 Å². The summed E-state index contributed by atoms with van der Waals surface area (Å²) in [6.07, 6.45) is 0. The monoisotopic (exact) mass is 388 g/mol. The number of halogens is 1. The van der Waals surface area contributed by atoms with Crippen molar-refractivity contribution in [3.63, 3.8) is 0 Å². The SMILES string of the molecule is [C-]#[N+]CC1=NCC(c2ccc(-c3ccc4cccc(F)c4c3)[nH]c2=O)(C(C)C)N1. The van der Waals surface area contributed by atoms with E-state index in [2.05, 4.69) is 20.1 Å². The summed E-state index contributed by atoms with van der Waals surface area (Å²) < 4.78 is 14.2. The number of nitrogens with zero attached hydrogens (tertiary/aromatic N) is 2. The van der Waals surface area contributed by atoms with Gasteiger partial charge in [-0.05, 0) is 41.1 Å². The van der Waals surface area contributed by atoms with Crippen molar-refractivity contribution in [1.82, 2.24) is 10.3 Å². The molecule has 0 amide bonds. The minimum atomic E-state index is -0.637. The summed E-state index contributed by atoms with van der Waals surface area (Å²) in [4.78, 5) is 23.8. The highest BCUT2D eigenvalue weighted by Crippen LogP contribution is 2.32. The standard InChI is InChI=1S/C23H21FN4O/c1-14(2)23(13-26-21(28-23)12-25-3)18-9-10-20(27-22(18)29)16-8-7-15-5-4-6-19(24)17(15)11-16/h4-11,14H,12-13H2,1-2H3,(H,26,28)(H,27,29). The maximum Gasteiger partial charge on any atom is 0.270 e. The summed E-state index contributed by atoms with van der Waals surface area (Å²) in [5.41, 5.74) is 1.11. The van der Waals surface area contributed by atoms with Crippen LogP contribution in [0, 0.1) is 18.3 Å². The van der Waals surface area contributed by atoms with Gasteiger partial charge in [0, 0.05) is 16.6 Å². The van der Waals surface area contributed by atoms with Crippen molar-refractivity contribution in [3.05, 3.63) is 81.7 Å². The topological polar surface area (TPSA) is 61.6 Å². The lowest BCUT2D eigenvalue weighted by molar-refractivity contribution is 0.304. The Hall–Kier alpha value is -3.46. The molecule has 0 saturated heterocycles. The third-order valence-corrected chi connectivity index (χ3v) is 5.63. The quantitative estimate of drug-likeness (QED) is 0.661. The molecule has 0 spiro atoms. The first-order valence-corrected chi connectivity index (χ1v) is 9.52. The average molecular weight is 388 g/mol. The van der Waals surface area contributed by atoms with Gasteiger partial charge in [0.15, 0.2) is 5.84 Å². The third kappa shape index (κ3) is 3.19. The summed E-state index contributed by atoms with van der Waals surface area (Å²) in [5, 5.41) is 4.65. The van der Waals surface area contributed by atoms with Gasteiger partial charge in [0.05, 0.1) is 12.1 Å². The number of fused-ring (bicyclic) bond motifs is 1. The molecular weight excluding hydrogens is 367 g/mol. The van der Waals surface area contributed by atoms with E-state index in [0.29, 0.717) is 29.0 Å². The highest BCUT2D eigenvalue weighted by molar-refractivity contribution is 5.88. The van der Waals surface area contributed by atoms with Crippen molar-refractivity contribution < 1.29 is 4.39 Å². The Morgan fingerprint density at radius 2 is 2.07 bits per heavy atom. The summed E-state index contributed by atoms with van der Waals surface area (Å²) >= 11 is 0. The van der Waals surface area contributed by atoms with Gasteiger partial charge in [-0.1, -0.05) is 38.1 Å². The van der Waals surface area contributed by atoms with Gasteiger partial charge in [-0.3, -0.25) is 9.79 Å². The Bertz CT molecular complexity index is 1220. The average Bonchev–Trinajstić information content (AvgIpc) is 3.13. The fraction of sp³-hybridized carbons (Fsp3) is 0.261. The van der Waals surface area contributed by atoms with Gasteiger partial charge < -0.3 is 15.1 Å². The van der Waals surface area contributed by atoms with E-state index < -0.39 is 5.54 Å². The van der Waals surface area contributed by atoms with Crippen molar-refractivity contribution in [2.75, 3.05) is 13.1 Å². The van der Waals surface area contributed by atoms with Crippen LogP contribution in [0.3, 0.4) is 0 Å². The zero-order chi connectivity index (χ0) is 20.6. The van der Waals surface area contributed by atoms with E-state index in [1.165, 1.54) is 6.07 Å². The Kier molecular flexibility index (Phi) is 4.67. The molecule has 2 aromatic carbocycles.